The zero-order valence-electron chi connectivity index (χ0n) is 12.1. The van der Waals surface area contributed by atoms with E-state index < -0.39 is 0 Å². The first-order chi connectivity index (χ1) is 10.6. The molecule has 3 nitrogen and oxygen atoms in total. The number of hydrogen-bond acceptors (Lipinski definition) is 2. The third-order valence-electron chi connectivity index (χ3n) is 4.38. The van der Waals surface area contributed by atoms with Gasteiger partial charge in [0.25, 0.3) is 11.8 Å². The van der Waals surface area contributed by atoms with Crippen LogP contribution >= 0.6 is 23.2 Å². The van der Waals surface area contributed by atoms with Crippen molar-refractivity contribution in [2.45, 2.75) is 44.6 Å². The van der Waals surface area contributed by atoms with Gasteiger partial charge in [0.15, 0.2) is 0 Å². The molecular weight excluding hydrogens is 321 g/mol. The summed E-state index contributed by atoms with van der Waals surface area (Å²) in [4.78, 5) is 26.6. The second-order valence-corrected chi connectivity index (χ2v) is 6.64. The number of carbonyl (C=O) groups excluding carboxylic acids is 2. The Morgan fingerprint density at radius 2 is 1.45 bits per heavy atom. The largest absolute Gasteiger partial charge is 0.273 e. The van der Waals surface area contributed by atoms with E-state index in [1.165, 1.54) is 4.90 Å². The summed E-state index contributed by atoms with van der Waals surface area (Å²) < 4.78 is 0. The Kier molecular flexibility index (Phi) is 4.55. The van der Waals surface area contributed by atoms with Gasteiger partial charge in [0, 0.05) is 11.1 Å². The number of benzene rings is 1. The van der Waals surface area contributed by atoms with E-state index in [-0.39, 0.29) is 22.9 Å². The molecule has 1 heterocycles. The minimum Gasteiger partial charge on any atom is -0.270 e. The molecule has 1 aliphatic carbocycles. The average molecular weight is 338 g/mol. The Morgan fingerprint density at radius 3 is 2.05 bits per heavy atom. The molecule has 5 heteroatoms. The summed E-state index contributed by atoms with van der Waals surface area (Å²) in [6.07, 6.45) is 6.17. The summed E-state index contributed by atoms with van der Waals surface area (Å²) in [6, 6.07) is 6.81. The van der Waals surface area contributed by atoms with Gasteiger partial charge in [-0.05, 0) is 30.5 Å². The molecule has 1 aromatic rings. The van der Waals surface area contributed by atoms with E-state index in [1.807, 2.05) is 0 Å². The van der Waals surface area contributed by atoms with Gasteiger partial charge >= 0.3 is 0 Å². The van der Waals surface area contributed by atoms with Crippen LogP contribution in [0.5, 0.6) is 0 Å². The van der Waals surface area contributed by atoms with Crippen molar-refractivity contribution in [1.29, 1.82) is 0 Å². The normalized spacial score (nSPS) is 20.7. The molecule has 1 aliphatic heterocycles. The molecule has 116 valence electrons. The summed E-state index contributed by atoms with van der Waals surface area (Å²) in [7, 11) is 0. The van der Waals surface area contributed by atoms with E-state index in [0.29, 0.717) is 16.2 Å². The molecule has 0 aromatic heterocycles. The summed E-state index contributed by atoms with van der Waals surface area (Å²) in [5.74, 6) is -0.632. The second-order valence-electron chi connectivity index (χ2n) is 5.82. The smallest absolute Gasteiger partial charge is 0.270 e. The molecule has 2 amide bonds. The molecule has 0 radical (unpaired) electrons. The van der Waals surface area contributed by atoms with Gasteiger partial charge in [-0.1, -0.05) is 61.0 Å². The van der Waals surface area contributed by atoms with Gasteiger partial charge in [-0.2, -0.15) is 0 Å². The van der Waals surface area contributed by atoms with Crippen molar-refractivity contribution in [3.63, 3.8) is 0 Å². The van der Waals surface area contributed by atoms with Crippen molar-refractivity contribution < 1.29 is 9.59 Å². The molecule has 0 atom stereocenters. The quantitative estimate of drug-likeness (QED) is 0.593. The average Bonchev–Trinajstić information content (AvgIpc) is 2.70. The van der Waals surface area contributed by atoms with Gasteiger partial charge < -0.3 is 0 Å². The van der Waals surface area contributed by atoms with Crippen molar-refractivity contribution in [3.8, 4) is 0 Å². The number of nitrogens with zero attached hydrogens (tertiary/aromatic N) is 1. The molecule has 3 rings (SSSR count). The lowest BCUT2D eigenvalue weighted by Crippen LogP contribution is -2.40. The highest BCUT2D eigenvalue weighted by Crippen LogP contribution is 2.36. The molecule has 0 N–H and O–H groups in total. The lowest BCUT2D eigenvalue weighted by Gasteiger charge is -2.25. The monoisotopic (exact) mass is 337 g/mol. The zero-order valence-corrected chi connectivity index (χ0v) is 13.7. The van der Waals surface area contributed by atoms with Crippen LogP contribution in [-0.2, 0) is 9.59 Å². The van der Waals surface area contributed by atoms with Gasteiger partial charge in [-0.25, -0.2) is 0 Å². The van der Waals surface area contributed by atoms with Crippen molar-refractivity contribution in [3.05, 3.63) is 39.9 Å². The van der Waals surface area contributed by atoms with Crippen molar-refractivity contribution in [2.24, 2.45) is 0 Å². The topological polar surface area (TPSA) is 37.4 Å². The second kappa shape index (κ2) is 6.43. The van der Waals surface area contributed by atoms with Crippen LogP contribution in [0.15, 0.2) is 29.3 Å². The lowest BCUT2D eigenvalue weighted by molar-refractivity contribution is -0.139. The first-order valence-corrected chi connectivity index (χ1v) is 8.39. The number of carbonyl (C=O) groups is 2. The highest BCUT2D eigenvalue weighted by atomic mass is 35.5. The fourth-order valence-electron chi connectivity index (χ4n) is 3.23. The maximum atomic E-state index is 12.8. The minimum absolute atomic E-state index is 0.0246. The van der Waals surface area contributed by atoms with Crippen LogP contribution in [0.4, 0.5) is 0 Å². The molecule has 22 heavy (non-hydrogen) atoms. The van der Waals surface area contributed by atoms with Gasteiger partial charge in [0.1, 0.15) is 5.03 Å². The number of halogens is 2. The molecule has 0 unspecified atom stereocenters. The van der Waals surface area contributed by atoms with Gasteiger partial charge in [0.05, 0.1) is 5.57 Å². The highest BCUT2D eigenvalue weighted by Gasteiger charge is 2.41. The molecule has 1 aromatic carbocycles. The lowest BCUT2D eigenvalue weighted by atomic mass is 10.0. The molecule has 0 spiro atoms. The van der Waals surface area contributed by atoms with E-state index in [0.717, 1.165) is 38.5 Å². The Balaban J connectivity index is 1.91. The first-order valence-electron chi connectivity index (χ1n) is 7.63. The van der Waals surface area contributed by atoms with Crippen LogP contribution in [0.1, 0.15) is 44.1 Å². The van der Waals surface area contributed by atoms with Crippen molar-refractivity contribution >= 4 is 40.6 Å². The Hall–Kier alpha value is -1.32. The van der Waals surface area contributed by atoms with Crippen LogP contribution in [-0.4, -0.2) is 22.8 Å². The van der Waals surface area contributed by atoms with Crippen LogP contribution in [0, 0.1) is 0 Å². The van der Waals surface area contributed by atoms with Crippen LogP contribution in [0.2, 0.25) is 5.02 Å². The van der Waals surface area contributed by atoms with E-state index in [9.17, 15) is 9.59 Å². The van der Waals surface area contributed by atoms with E-state index >= 15 is 0 Å². The zero-order chi connectivity index (χ0) is 15.7. The molecule has 0 saturated heterocycles. The van der Waals surface area contributed by atoms with Crippen molar-refractivity contribution in [1.82, 2.24) is 4.90 Å². The fourth-order valence-corrected chi connectivity index (χ4v) is 3.64. The molecule has 2 aliphatic rings. The number of rotatable bonds is 2. The summed E-state index contributed by atoms with van der Waals surface area (Å²) in [6.45, 7) is 0. The molecule has 1 fully saturated rings. The van der Waals surface area contributed by atoms with E-state index in [2.05, 4.69) is 0 Å². The Bertz CT molecular complexity index is 629. The first kappa shape index (κ1) is 15.6. The standard InChI is InChI=1S/C17H17Cl2NO2/c18-12-9-7-11(8-10-12)14-15(19)17(22)20(16(14)21)13-5-3-1-2-4-6-13/h7-10,13H,1-6H2. The van der Waals surface area contributed by atoms with Crippen molar-refractivity contribution in [2.75, 3.05) is 0 Å². The summed E-state index contributed by atoms with van der Waals surface area (Å²) >= 11 is 12.1. The SMILES string of the molecule is O=C1C(Cl)=C(c2ccc(Cl)cc2)C(=O)N1C1CCCCCC1. The molecular formula is C17H17Cl2NO2. The summed E-state index contributed by atoms with van der Waals surface area (Å²) in [5, 5.41) is 0.606. The van der Waals surface area contributed by atoms with Gasteiger partial charge in [-0.3, -0.25) is 14.5 Å². The Labute approximate surface area is 139 Å². The van der Waals surface area contributed by atoms with Gasteiger partial charge in [0.2, 0.25) is 0 Å². The maximum absolute atomic E-state index is 12.8. The number of amides is 2. The highest BCUT2D eigenvalue weighted by molar-refractivity contribution is 6.55. The van der Waals surface area contributed by atoms with Gasteiger partial charge in [-0.15, -0.1) is 0 Å². The minimum atomic E-state index is -0.358. The number of imide groups is 1. The summed E-state index contributed by atoms with van der Waals surface area (Å²) in [5.41, 5.74) is 0.941. The van der Waals surface area contributed by atoms with E-state index in [1.54, 1.807) is 24.3 Å². The third-order valence-corrected chi connectivity index (χ3v) is 4.98. The predicted molar refractivity (Wildman–Crippen MR) is 87.6 cm³/mol. The Morgan fingerprint density at radius 1 is 0.864 bits per heavy atom. The number of hydrogen-bond donors (Lipinski definition) is 0. The molecule has 0 bridgehead atoms. The van der Waals surface area contributed by atoms with Crippen LogP contribution < -0.4 is 0 Å². The van der Waals surface area contributed by atoms with Crippen LogP contribution in [0.3, 0.4) is 0 Å². The molecule has 1 saturated carbocycles. The maximum Gasteiger partial charge on any atom is 0.273 e. The fraction of sp³-hybridized carbons (Fsp3) is 0.412. The predicted octanol–water partition coefficient (Wildman–Crippen LogP) is 4.38. The third kappa shape index (κ3) is 2.80. The van der Waals surface area contributed by atoms with E-state index in [4.69, 9.17) is 23.2 Å². The van der Waals surface area contributed by atoms with Crippen LogP contribution in [0.25, 0.3) is 5.57 Å².